The van der Waals surface area contributed by atoms with Crippen molar-refractivity contribution in [1.29, 1.82) is 0 Å². The first-order chi connectivity index (χ1) is 12.4. The minimum absolute atomic E-state index is 0.0610. The number of carbonyl (C=O) groups is 2. The van der Waals surface area contributed by atoms with Gasteiger partial charge in [-0.2, -0.15) is 0 Å². The van der Waals surface area contributed by atoms with Crippen LogP contribution in [0.3, 0.4) is 0 Å². The maximum Gasteiger partial charge on any atom is 0.265 e. The van der Waals surface area contributed by atoms with Gasteiger partial charge in [0.25, 0.3) is 11.8 Å². The monoisotopic (exact) mass is 418 g/mol. The highest BCUT2D eigenvalue weighted by atomic mass is 79.9. The van der Waals surface area contributed by atoms with Gasteiger partial charge in [-0.1, -0.05) is 35.0 Å². The van der Waals surface area contributed by atoms with E-state index in [2.05, 4.69) is 26.6 Å². The Morgan fingerprint density at radius 3 is 2.38 bits per heavy atom. The van der Waals surface area contributed by atoms with Crippen LogP contribution in [0.4, 0.5) is 5.69 Å². The normalized spacial score (nSPS) is 12.8. The van der Waals surface area contributed by atoms with Gasteiger partial charge in [0, 0.05) is 10.5 Å². The Hall–Kier alpha value is -2.34. The molecule has 138 valence electrons. The Morgan fingerprint density at radius 1 is 1.08 bits per heavy atom. The lowest BCUT2D eigenvalue weighted by molar-refractivity contribution is -0.122. The van der Waals surface area contributed by atoms with Gasteiger partial charge in [-0.05, 0) is 56.7 Å². The minimum Gasteiger partial charge on any atom is -0.481 e. The molecule has 5 nitrogen and oxygen atoms in total. The lowest BCUT2D eigenvalue weighted by atomic mass is 10.1. The summed E-state index contributed by atoms with van der Waals surface area (Å²) in [6.07, 6.45) is 0.125. The summed E-state index contributed by atoms with van der Waals surface area (Å²) in [5.41, 5.74) is 0.890. The topological polar surface area (TPSA) is 67.4 Å². The smallest absolute Gasteiger partial charge is 0.265 e. The van der Waals surface area contributed by atoms with E-state index in [0.29, 0.717) is 17.0 Å². The molecule has 0 aliphatic heterocycles. The van der Waals surface area contributed by atoms with Crippen LogP contribution in [0.2, 0.25) is 0 Å². The number of carbonyl (C=O) groups excluding carboxylic acids is 2. The number of halogens is 1. The molecule has 0 aliphatic carbocycles. The predicted octanol–water partition coefficient (Wildman–Crippen LogP) is 4.38. The zero-order valence-corrected chi connectivity index (χ0v) is 16.7. The lowest BCUT2D eigenvalue weighted by Crippen LogP contribution is -2.34. The van der Waals surface area contributed by atoms with Crippen LogP contribution in [0.5, 0.6) is 5.75 Å². The van der Waals surface area contributed by atoms with Gasteiger partial charge in [-0.15, -0.1) is 0 Å². The molecule has 0 unspecified atom stereocenters. The number of nitrogens with one attached hydrogen (secondary N) is 2. The van der Waals surface area contributed by atoms with E-state index < -0.39 is 6.10 Å². The standard InChI is InChI=1S/C20H23BrN2O3/c1-4-13(2)22-20(25)17-7-5-6-8-18(17)23-19(24)14(3)26-16-11-9-15(21)10-12-16/h5-14H,4H2,1-3H3,(H,22,25)(H,23,24)/t13-,14-/m0/s1. The average molecular weight is 419 g/mol. The highest BCUT2D eigenvalue weighted by Gasteiger charge is 2.19. The summed E-state index contributed by atoms with van der Waals surface area (Å²) in [7, 11) is 0. The molecule has 0 heterocycles. The van der Waals surface area contributed by atoms with Crippen LogP contribution in [0, 0.1) is 0 Å². The number of benzene rings is 2. The van der Waals surface area contributed by atoms with Crippen LogP contribution < -0.4 is 15.4 Å². The van der Waals surface area contributed by atoms with Gasteiger partial charge in [-0.3, -0.25) is 9.59 Å². The average Bonchev–Trinajstić information content (AvgIpc) is 2.63. The van der Waals surface area contributed by atoms with Crippen molar-refractivity contribution < 1.29 is 14.3 Å². The number of ether oxygens (including phenoxy) is 1. The van der Waals surface area contributed by atoms with Gasteiger partial charge in [0.2, 0.25) is 0 Å². The summed E-state index contributed by atoms with van der Waals surface area (Å²) in [5.74, 6) is 0.0621. The van der Waals surface area contributed by atoms with Crippen LogP contribution >= 0.6 is 15.9 Å². The van der Waals surface area contributed by atoms with Gasteiger partial charge >= 0.3 is 0 Å². The Bertz CT molecular complexity index is 762. The van der Waals surface area contributed by atoms with E-state index in [1.807, 2.05) is 26.0 Å². The van der Waals surface area contributed by atoms with Gasteiger partial charge in [0.1, 0.15) is 5.75 Å². The number of para-hydroxylation sites is 1. The first kappa shape index (κ1) is 20.0. The quantitative estimate of drug-likeness (QED) is 0.700. The molecule has 2 rings (SSSR count). The molecule has 2 amide bonds. The largest absolute Gasteiger partial charge is 0.481 e. The molecule has 26 heavy (non-hydrogen) atoms. The second kappa shape index (κ2) is 9.38. The first-order valence-electron chi connectivity index (χ1n) is 8.53. The number of anilines is 1. The van der Waals surface area contributed by atoms with Crippen molar-refractivity contribution in [2.75, 3.05) is 5.32 Å². The molecule has 0 saturated carbocycles. The van der Waals surface area contributed by atoms with Crippen molar-refractivity contribution >= 4 is 33.4 Å². The van der Waals surface area contributed by atoms with E-state index in [4.69, 9.17) is 4.74 Å². The zero-order chi connectivity index (χ0) is 19.1. The minimum atomic E-state index is -0.707. The molecule has 0 aliphatic rings. The molecule has 0 fully saturated rings. The molecule has 0 aromatic heterocycles. The highest BCUT2D eigenvalue weighted by Crippen LogP contribution is 2.19. The Labute approximate surface area is 162 Å². The van der Waals surface area contributed by atoms with E-state index in [1.54, 1.807) is 43.3 Å². The Balaban J connectivity index is 2.06. The van der Waals surface area contributed by atoms with Crippen molar-refractivity contribution in [2.24, 2.45) is 0 Å². The van der Waals surface area contributed by atoms with Crippen molar-refractivity contribution in [3.8, 4) is 5.75 Å². The van der Waals surface area contributed by atoms with E-state index in [-0.39, 0.29) is 17.9 Å². The summed E-state index contributed by atoms with van der Waals surface area (Å²) in [4.78, 5) is 24.9. The maximum absolute atomic E-state index is 12.5. The van der Waals surface area contributed by atoms with Crippen LogP contribution in [0.25, 0.3) is 0 Å². The van der Waals surface area contributed by atoms with Crippen LogP contribution in [-0.2, 0) is 4.79 Å². The van der Waals surface area contributed by atoms with Crippen molar-refractivity contribution in [2.45, 2.75) is 39.3 Å². The third-order valence-corrected chi connectivity index (χ3v) is 4.44. The third-order valence-electron chi connectivity index (χ3n) is 3.92. The molecule has 2 aromatic rings. The number of hydrogen-bond acceptors (Lipinski definition) is 3. The fourth-order valence-corrected chi connectivity index (χ4v) is 2.46. The van der Waals surface area contributed by atoms with Gasteiger partial charge in [-0.25, -0.2) is 0 Å². The molecule has 0 saturated heterocycles. The second-order valence-corrected chi connectivity index (χ2v) is 6.95. The maximum atomic E-state index is 12.5. The summed E-state index contributed by atoms with van der Waals surface area (Å²) in [5, 5.41) is 5.69. The van der Waals surface area contributed by atoms with Crippen molar-refractivity contribution in [1.82, 2.24) is 5.32 Å². The highest BCUT2D eigenvalue weighted by molar-refractivity contribution is 9.10. The fourth-order valence-electron chi connectivity index (χ4n) is 2.20. The molecular formula is C20H23BrN2O3. The van der Waals surface area contributed by atoms with Gasteiger partial charge < -0.3 is 15.4 Å². The zero-order valence-electron chi connectivity index (χ0n) is 15.1. The third kappa shape index (κ3) is 5.59. The lowest BCUT2D eigenvalue weighted by Gasteiger charge is -2.17. The fraction of sp³-hybridized carbons (Fsp3) is 0.300. The van der Waals surface area contributed by atoms with Gasteiger partial charge in [0.15, 0.2) is 6.10 Å². The molecule has 6 heteroatoms. The van der Waals surface area contributed by atoms with E-state index in [1.165, 1.54) is 0 Å². The summed E-state index contributed by atoms with van der Waals surface area (Å²) >= 11 is 3.36. The van der Waals surface area contributed by atoms with Gasteiger partial charge in [0.05, 0.1) is 11.3 Å². The van der Waals surface area contributed by atoms with E-state index in [0.717, 1.165) is 10.9 Å². The summed E-state index contributed by atoms with van der Waals surface area (Å²) in [6.45, 7) is 5.60. The SMILES string of the molecule is CC[C@H](C)NC(=O)c1ccccc1NC(=O)[C@H](C)Oc1ccc(Br)cc1. The first-order valence-corrected chi connectivity index (χ1v) is 9.33. The molecule has 0 radical (unpaired) electrons. The molecule has 2 N–H and O–H groups in total. The summed E-state index contributed by atoms with van der Waals surface area (Å²) < 4.78 is 6.59. The van der Waals surface area contributed by atoms with Crippen LogP contribution in [0.15, 0.2) is 53.0 Å². The second-order valence-electron chi connectivity index (χ2n) is 6.03. The number of hydrogen-bond donors (Lipinski definition) is 2. The molecule has 2 atom stereocenters. The molecule has 0 bridgehead atoms. The van der Waals surface area contributed by atoms with E-state index in [9.17, 15) is 9.59 Å². The molecular weight excluding hydrogens is 396 g/mol. The molecule has 0 spiro atoms. The predicted molar refractivity (Wildman–Crippen MR) is 107 cm³/mol. The van der Waals surface area contributed by atoms with Crippen LogP contribution in [-0.4, -0.2) is 24.0 Å². The number of amides is 2. The Kier molecular flexibility index (Phi) is 7.21. The number of rotatable bonds is 7. The van der Waals surface area contributed by atoms with E-state index >= 15 is 0 Å². The van der Waals surface area contributed by atoms with Crippen molar-refractivity contribution in [3.63, 3.8) is 0 Å². The summed E-state index contributed by atoms with van der Waals surface area (Å²) in [6, 6.07) is 14.2. The Morgan fingerprint density at radius 2 is 1.73 bits per heavy atom. The van der Waals surface area contributed by atoms with Crippen LogP contribution in [0.1, 0.15) is 37.6 Å². The molecule has 2 aromatic carbocycles. The van der Waals surface area contributed by atoms with Crippen molar-refractivity contribution in [3.05, 3.63) is 58.6 Å².